The number of aromatic nitrogens is 1. The third-order valence-electron chi connectivity index (χ3n) is 8.30. The molecule has 0 spiro atoms. The van der Waals surface area contributed by atoms with Crippen molar-refractivity contribution in [3.05, 3.63) is 91.6 Å². The lowest BCUT2D eigenvalue weighted by Crippen LogP contribution is -2.50. The number of carbonyl (C=O) groups excluding carboxylic acids is 2. The van der Waals surface area contributed by atoms with Crippen molar-refractivity contribution in [2.75, 3.05) is 19.6 Å². The molecule has 1 fully saturated rings. The van der Waals surface area contributed by atoms with E-state index in [9.17, 15) is 28.7 Å². The zero-order valence-corrected chi connectivity index (χ0v) is 28.0. The van der Waals surface area contributed by atoms with E-state index in [2.05, 4.69) is 10.6 Å². The van der Waals surface area contributed by atoms with Crippen LogP contribution in [0.25, 0.3) is 11.1 Å². The van der Waals surface area contributed by atoms with Crippen LogP contribution in [0.1, 0.15) is 65.3 Å². The number of rotatable bonds is 13. The Labute approximate surface area is 277 Å². The maximum absolute atomic E-state index is 15.7. The number of aliphatic carboxylic acids is 1. The topological polar surface area (TPSA) is 121 Å². The molecule has 252 valence electrons. The van der Waals surface area contributed by atoms with Gasteiger partial charge in [-0.25, -0.2) is 8.78 Å². The van der Waals surface area contributed by atoms with Crippen LogP contribution in [-0.4, -0.2) is 64.2 Å². The van der Waals surface area contributed by atoms with Gasteiger partial charge in [0, 0.05) is 43.0 Å². The fraction of sp³-hybridized carbons (Fsp3) is 0.429. The van der Waals surface area contributed by atoms with E-state index < -0.39 is 53.8 Å². The molecule has 47 heavy (non-hydrogen) atoms. The van der Waals surface area contributed by atoms with Crippen LogP contribution in [0, 0.1) is 32.5 Å². The summed E-state index contributed by atoms with van der Waals surface area (Å²) >= 11 is 6.22. The number of carboxylic acid groups (broad SMARTS) is 1. The molecule has 3 aromatic rings. The van der Waals surface area contributed by atoms with Gasteiger partial charge in [-0.05, 0) is 97.3 Å². The van der Waals surface area contributed by atoms with E-state index in [0.717, 1.165) is 16.7 Å². The second-order valence-corrected chi connectivity index (χ2v) is 13.1. The van der Waals surface area contributed by atoms with Crippen LogP contribution in [0.5, 0.6) is 0 Å². The highest BCUT2D eigenvalue weighted by Gasteiger charge is 2.30. The molecule has 3 N–H and O–H groups in total. The van der Waals surface area contributed by atoms with E-state index in [1.54, 1.807) is 31.2 Å². The second kappa shape index (κ2) is 15.2. The molecule has 1 saturated heterocycles. The van der Waals surface area contributed by atoms with Crippen LogP contribution >= 0.6 is 11.6 Å². The Balaban J connectivity index is 1.61. The SMILES string of the molecule is Cc1cc(-c2c(C)cc(Cl)cc2C)cc([C@H](CC(=O)O)NC(=O)[C@H](CC(C)C)NC(=O)c2cccn(CCN3CC(F)C3)c2=O)c1F. The van der Waals surface area contributed by atoms with Crippen molar-refractivity contribution in [3.8, 4) is 11.1 Å². The zero-order chi connectivity index (χ0) is 34.6. The Bertz CT molecular complexity index is 1700. The summed E-state index contributed by atoms with van der Waals surface area (Å²) in [6.45, 7) is 10.3. The number of amides is 2. The summed E-state index contributed by atoms with van der Waals surface area (Å²) < 4.78 is 30.2. The predicted molar refractivity (Wildman–Crippen MR) is 177 cm³/mol. The van der Waals surface area contributed by atoms with Crippen LogP contribution in [0.15, 0.2) is 47.4 Å². The van der Waals surface area contributed by atoms with Gasteiger partial charge in [-0.2, -0.15) is 0 Å². The smallest absolute Gasteiger partial charge is 0.305 e. The average Bonchev–Trinajstić information content (AvgIpc) is 2.95. The minimum absolute atomic E-state index is 0.00801. The Hall–Kier alpha value is -4.09. The molecule has 0 unspecified atom stereocenters. The molecule has 1 aliphatic heterocycles. The van der Waals surface area contributed by atoms with Crippen molar-refractivity contribution >= 4 is 29.4 Å². The molecule has 2 heterocycles. The lowest BCUT2D eigenvalue weighted by atomic mass is 9.90. The molecule has 12 heteroatoms. The molecule has 9 nitrogen and oxygen atoms in total. The molecule has 2 amide bonds. The van der Waals surface area contributed by atoms with Crippen molar-refractivity contribution in [2.45, 2.75) is 72.3 Å². The summed E-state index contributed by atoms with van der Waals surface area (Å²) in [5.74, 6) is -3.48. The molecule has 0 saturated carbocycles. The minimum atomic E-state index is -1.27. The number of likely N-dealkylation sites (tertiary alicyclic amines) is 1. The standard InChI is InChI=1S/C35H41ClF2N4O5/c1-19(2)11-29(40-33(45)26-7-6-8-42(35(26)47)10-9-41-17-25(37)18-41)34(46)39-28(16-30(43)44)27-15-23(12-22(5)32(27)38)31-20(3)13-24(36)14-21(31)4/h6-8,12-15,19,25,28-29H,9-11,16-18H2,1-5H3,(H,39,46)(H,40,45)(H,43,44)/t28-,29-/m0/s1. The molecular formula is C35H41ClF2N4O5. The number of carboxylic acids is 1. The number of alkyl halides is 1. The first-order valence-corrected chi connectivity index (χ1v) is 16.0. The number of aryl methyl sites for hydroxylation is 3. The number of pyridine rings is 1. The summed E-state index contributed by atoms with van der Waals surface area (Å²) in [6, 6.07) is 7.26. The lowest BCUT2D eigenvalue weighted by molar-refractivity contribution is -0.137. The molecule has 1 aliphatic rings. The van der Waals surface area contributed by atoms with Crippen molar-refractivity contribution in [1.29, 1.82) is 0 Å². The third-order valence-corrected chi connectivity index (χ3v) is 8.52. The Morgan fingerprint density at radius 1 is 1.02 bits per heavy atom. The summed E-state index contributed by atoms with van der Waals surface area (Å²) in [5.41, 5.74) is 2.67. The molecule has 1 aromatic heterocycles. The largest absolute Gasteiger partial charge is 0.481 e. The molecular weight excluding hydrogens is 630 g/mol. The van der Waals surface area contributed by atoms with Gasteiger partial charge in [0.2, 0.25) is 5.91 Å². The van der Waals surface area contributed by atoms with E-state index in [0.29, 0.717) is 30.2 Å². The van der Waals surface area contributed by atoms with Gasteiger partial charge in [0.25, 0.3) is 11.5 Å². The summed E-state index contributed by atoms with van der Waals surface area (Å²) in [4.78, 5) is 54.0. The highest BCUT2D eigenvalue weighted by molar-refractivity contribution is 6.30. The molecule has 2 atom stereocenters. The molecule has 0 radical (unpaired) electrons. The second-order valence-electron chi connectivity index (χ2n) is 12.7. The van der Waals surface area contributed by atoms with E-state index in [-0.39, 0.29) is 35.6 Å². The Morgan fingerprint density at radius 3 is 2.28 bits per heavy atom. The predicted octanol–water partition coefficient (Wildman–Crippen LogP) is 5.36. The zero-order valence-electron chi connectivity index (χ0n) is 27.2. The van der Waals surface area contributed by atoms with Gasteiger partial charge in [-0.1, -0.05) is 25.4 Å². The van der Waals surface area contributed by atoms with E-state index in [1.165, 1.54) is 22.9 Å². The number of benzene rings is 2. The van der Waals surface area contributed by atoms with Gasteiger partial charge >= 0.3 is 5.97 Å². The van der Waals surface area contributed by atoms with E-state index >= 15 is 4.39 Å². The Kier molecular flexibility index (Phi) is 11.6. The third kappa shape index (κ3) is 8.84. The maximum atomic E-state index is 15.7. The van der Waals surface area contributed by atoms with Crippen LogP contribution < -0.4 is 16.2 Å². The lowest BCUT2D eigenvalue weighted by Gasteiger charge is -2.34. The first-order chi connectivity index (χ1) is 22.1. The summed E-state index contributed by atoms with van der Waals surface area (Å²) in [6.07, 6.45) is 0.223. The maximum Gasteiger partial charge on any atom is 0.305 e. The van der Waals surface area contributed by atoms with Gasteiger partial charge in [-0.15, -0.1) is 0 Å². The van der Waals surface area contributed by atoms with Crippen molar-refractivity contribution in [1.82, 2.24) is 20.1 Å². The number of hydrogen-bond donors (Lipinski definition) is 3. The fourth-order valence-electron chi connectivity index (χ4n) is 6.01. The van der Waals surface area contributed by atoms with Gasteiger partial charge in [0.15, 0.2) is 0 Å². The number of hydrogen-bond acceptors (Lipinski definition) is 5. The average molecular weight is 671 g/mol. The normalized spacial score (nSPS) is 14.8. The van der Waals surface area contributed by atoms with Crippen LogP contribution in [0.3, 0.4) is 0 Å². The van der Waals surface area contributed by atoms with Gasteiger partial charge in [-0.3, -0.25) is 24.1 Å². The number of nitrogens with one attached hydrogen (secondary N) is 2. The summed E-state index contributed by atoms with van der Waals surface area (Å²) in [5, 5.41) is 15.6. The number of carbonyl (C=O) groups is 3. The highest BCUT2D eigenvalue weighted by Crippen LogP contribution is 2.34. The van der Waals surface area contributed by atoms with Crippen molar-refractivity contribution in [3.63, 3.8) is 0 Å². The van der Waals surface area contributed by atoms with Gasteiger partial charge in [0.1, 0.15) is 23.6 Å². The van der Waals surface area contributed by atoms with Crippen LogP contribution in [0.4, 0.5) is 8.78 Å². The van der Waals surface area contributed by atoms with Crippen LogP contribution in [0.2, 0.25) is 5.02 Å². The fourth-order valence-corrected chi connectivity index (χ4v) is 6.34. The highest BCUT2D eigenvalue weighted by atomic mass is 35.5. The van der Waals surface area contributed by atoms with E-state index in [1.807, 2.05) is 32.6 Å². The first-order valence-electron chi connectivity index (χ1n) is 15.6. The quantitative estimate of drug-likeness (QED) is 0.225. The molecule has 0 bridgehead atoms. The molecule has 2 aromatic carbocycles. The minimum Gasteiger partial charge on any atom is -0.481 e. The Morgan fingerprint density at radius 2 is 1.68 bits per heavy atom. The van der Waals surface area contributed by atoms with Gasteiger partial charge < -0.3 is 20.3 Å². The van der Waals surface area contributed by atoms with Gasteiger partial charge in [0.05, 0.1) is 12.5 Å². The van der Waals surface area contributed by atoms with Crippen molar-refractivity contribution < 1.29 is 28.3 Å². The first kappa shape index (κ1) is 35.8. The number of halogens is 3. The van der Waals surface area contributed by atoms with Crippen molar-refractivity contribution in [2.24, 2.45) is 5.92 Å². The van der Waals surface area contributed by atoms with Crippen LogP contribution in [-0.2, 0) is 16.1 Å². The number of nitrogens with zero attached hydrogens (tertiary/aromatic N) is 2. The monoisotopic (exact) mass is 670 g/mol. The molecule has 4 rings (SSSR count). The summed E-state index contributed by atoms with van der Waals surface area (Å²) in [7, 11) is 0. The molecule has 0 aliphatic carbocycles. The van der Waals surface area contributed by atoms with E-state index in [4.69, 9.17) is 11.6 Å².